The zero-order valence-corrected chi connectivity index (χ0v) is 18.0. The van der Waals surface area contributed by atoms with Gasteiger partial charge in [0, 0.05) is 18.7 Å². The Hall–Kier alpha value is -2.53. The van der Waals surface area contributed by atoms with Crippen molar-refractivity contribution in [2.45, 2.75) is 44.0 Å². The fraction of sp³-hybridized carbons (Fsp3) is 0.360. The SMILES string of the molecule is O=C(NCCC1=CCCCC1)c1ccc([C@H]2SCC(=O)N2Cc2ccccc2)cc1. The molecule has 156 valence electrons. The number of hydrogen-bond donors (Lipinski definition) is 1. The molecule has 0 unspecified atom stereocenters. The number of thioether (sulfide) groups is 1. The van der Waals surface area contributed by atoms with Gasteiger partial charge in [-0.05, 0) is 55.4 Å². The second-order valence-electron chi connectivity index (χ2n) is 7.91. The van der Waals surface area contributed by atoms with Gasteiger partial charge in [0.1, 0.15) is 5.37 Å². The molecule has 1 fully saturated rings. The Balaban J connectivity index is 1.35. The van der Waals surface area contributed by atoms with Gasteiger partial charge in [0.15, 0.2) is 0 Å². The van der Waals surface area contributed by atoms with Crippen molar-refractivity contribution in [1.82, 2.24) is 10.2 Å². The Morgan fingerprint density at radius 1 is 1.07 bits per heavy atom. The zero-order valence-electron chi connectivity index (χ0n) is 17.2. The summed E-state index contributed by atoms with van der Waals surface area (Å²) in [5.41, 5.74) is 4.33. The standard InChI is InChI=1S/C25H28N2O2S/c28-23-18-30-25(27(23)17-20-9-5-2-6-10-20)22-13-11-21(12-14-22)24(29)26-16-15-19-7-3-1-4-8-19/h2,5-7,9-14,25H,1,3-4,8,15-18H2,(H,26,29)/t25-/m1/s1. The molecular formula is C25H28N2O2S. The third-order valence-electron chi connectivity index (χ3n) is 5.74. The highest BCUT2D eigenvalue weighted by atomic mass is 32.2. The van der Waals surface area contributed by atoms with Crippen LogP contribution in [0.1, 0.15) is 59.0 Å². The van der Waals surface area contributed by atoms with Crippen molar-refractivity contribution < 1.29 is 9.59 Å². The van der Waals surface area contributed by atoms with Crippen molar-refractivity contribution in [2.24, 2.45) is 0 Å². The average Bonchev–Trinajstić information content (AvgIpc) is 3.15. The number of nitrogens with zero attached hydrogens (tertiary/aromatic N) is 1. The van der Waals surface area contributed by atoms with Crippen LogP contribution in [-0.4, -0.2) is 29.0 Å². The van der Waals surface area contributed by atoms with Gasteiger partial charge in [-0.25, -0.2) is 0 Å². The Morgan fingerprint density at radius 2 is 1.87 bits per heavy atom. The maximum atomic E-state index is 12.5. The quantitative estimate of drug-likeness (QED) is 0.636. The number of rotatable bonds is 7. The predicted molar refractivity (Wildman–Crippen MR) is 122 cm³/mol. The number of amides is 2. The highest BCUT2D eigenvalue weighted by Gasteiger charge is 2.32. The van der Waals surface area contributed by atoms with Crippen molar-refractivity contribution >= 4 is 23.6 Å². The van der Waals surface area contributed by atoms with Gasteiger partial charge in [0.2, 0.25) is 5.91 Å². The average molecular weight is 421 g/mol. The highest BCUT2D eigenvalue weighted by molar-refractivity contribution is 8.00. The molecule has 1 saturated heterocycles. The highest BCUT2D eigenvalue weighted by Crippen LogP contribution is 2.39. The van der Waals surface area contributed by atoms with Crippen molar-refractivity contribution in [3.05, 3.63) is 82.9 Å². The fourth-order valence-electron chi connectivity index (χ4n) is 4.05. The summed E-state index contributed by atoms with van der Waals surface area (Å²) in [6.45, 7) is 1.29. The molecule has 4 nitrogen and oxygen atoms in total. The number of hydrogen-bond acceptors (Lipinski definition) is 3. The van der Waals surface area contributed by atoms with E-state index < -0.39 is 0 Å². The molecule has 2 aliphatic rings. The Labute approximate surface area is 182 Å². The summed E-state index contributed by atoms with van der Waals surface area (Å²) in [5, 5.41) is 3.03. The minimum absolute atomic E-state index is 0.00643. The summed E-state index contributed by atoms with van der Waals surface area (Å²) < 4.78 is 0. The van der Waals surface area contributed by atoms with Crippen molar-refractivity contribution in [1.29, 1.82) is 0 Å². The fourth-order valence-corrected chi connectivity index (χ4v) is 5.24. The monoisotopic (exact) mass is 420 g/mol. The normalized spacial score (nSPS) is 18.9. The molecular weight excluding hydrogens is 392 g/mol. The molecule has 30 heavy (non-hydrogen) atoms. The lowest BCUT2D eigenvalue weighted by Gasteiger charge is -2.24. The Bertz CT molecular complexity index is 909. The number of carbonyl (C=O) groups is 2. The molecule has 0 saturated carbocycles. The molecule has 0 radical (unpaired) electrons. The van der Waals surface area contributed by atoms with E-state index in [4.69, 9.17) is 0 Å². The van der Waals surface area contributed by atoms with E-state index in [2.05, 4.69) is 11.4 Å². The van der Waals surface area contributed by atoms with Crippen LogP contribution in [0.3, 0.4) is 0 Å². The number of nitrogens with one attached hydrogen (secondary N) is 1. The molecule has 0 bridgehead atoms. The van der Waals surface area contributed by atoms with Gasteiger partial charge in [-0.3, -0.25) is 9.59 Å². The number of carbonyl (C=O) groups excluding carboxylic acids is 2. The molecule has 1 aliphatic carbocycles. The second kappa shape index (κ2) is 9.98. The minimum Gasteiger partial charge on any atom is -0.352 e. The van der Waals surface area contributed by atoms with Gasteiger partial charge in [0.25, 0.3) is 5.91 Å². The summed E-state index contributed by atoms with van der Waals surface area (Å²) >= 11 is 1.64. The van der Waals surface area contributed by atoms with Crippen LogP contribution in [0.4, 0.5) is 0 Å². The van der Waals surface area contributed by atoms with E-state index >= 15 is 0 Å². The maximum absolute atomic E-state index is 12.5. The van der Waals surface area contributed by atoms with Gasteiger partial charge < -0.3 is 10.2 Å². The molecule has 2 aromatic rings. The molecule has 4 rings (SSSR count). The van der Waals surface area contributed by atoms with Crippen molar-refractivity contribution in [2.75, 3.05) is 12.3 Å². The first kappa shape index (κ1) is 20.7. The van der Waals surface area contributed by atoms with Gasteiger partial charge in [-0.1, -0.05) is 54.1 Å². The third kappa shape index (κ3) is 5.14. The van der Waals surface area contributed by atoms with Crippen LogP contribution in [0.2, 0.25) is 0 Å². The van der Waals surface area contributed by atoms with E-state index in [9.17, 15) is 9.59 Å². The van der Waals surface area contributed by atoms with Crippen molar-refractivity contribution in [3.8, 4) is 0 Å². The van der Waals surface area contributed by atoms with Crippen molar-refractivity contribution in [3.63, 3.8) is 0 Å². The Kier molecular flexibility index (Phi) is 6.90. The molecule has 0 spiro atoms. The Morgan fingerprint density at radius 3 is 2.60 bits per heavy atom. The summed E-state index contributed by atoms with van der Waals surface area (Å²) in [6.07, 6.45) is 8.17. The molecule has 1 aliphatic heterocycles. The summed E-state index contributed by atoms with van der Waals surface area (Å²) in [4.78, 5) is 26.8. The molecule has 0 aromatic heterocycles. The van der Waals surface area contributed by atoms with Crippen LogP contribution in [0, 0.1) is 0 Å². The zero-order chi connectivity index (χ0) is 20.8. The first-order valence-corrected chi connectivity index (χ1v) is 11.8. The van der Waals surface area contributed by atoms with E-state index in [-0.39, 0.29) is 17.2 Å². The predicted octanol–water partition coefficient (Wildman–Crippen LogP) is 5.08. The first-order chi connectivity index (χ1) is 14.7. The second-order valence-corrected chi connectivity index (χ2v) is 8.98. The lowest BCUT2D eigenvalue weighted by Crippen LogP contribution is -2.28. The summed E-state index contributed by atoms with van der Waals surface area (Å²) in [6, 6.07) is 17.8. The van der Waals surface area contributed by atoms with Crippen LogP contribution >= 0.6 is 11.8 Å². The molecule has 2 amide bonds. The van der Waals surface area contributed by atoms with E-state index in [0.717, 1.165) is 17.5 Å². The van der Waals surface area contributed by atoms with Crippen LogP contribution in [0.25, 0.3) is 0 Å². The van der Waals surface area contributed by atoms with E-state index in [1.165, 1.54) is 31.3 Å². The van der Waals surface area contributed by atoms with Gasteiger partial charge in [0.05, 0.1) is 5.75 Å². The van der Waals surface area contributed by atoms with Crippen LogP contribution in [0.15, 0.2) is 66.2 Å². The van der Waals surface area contributed by atoms with E-state index in [0.29, 0.717) is 24.4 Å². The lowest BCUT2D eigenvalue weighted by molar-refractivity contribution is -0.128. The first-order valence-electron chi connectivity index (χ1n) is 10.7. The van der Waals surface area contributed by atoms with Crippen LogP contribution < -0.4 is 5.32 Å². The molecule has 1 atom stereocenters. The van der Waals surface area contributed by atoms with Gasteiger partial charge >= 0.3 is 0 Å². The van der Waals surface area contributed by atoms with E-state index in [1.807, 2.05) is 59.5 Å². The van der Waals surface area contributed by atoms with Crippen LogP contribution in [0.5, 0.6) is 0 Å². The topological polar surface area (TPSA) is 49.4 Å². The molecule has 5 heteroatoms. The summed E-state index contributed by atoms with van der Waals surface area (Å²) in [5.74, 6) is 0.622. The smallest absolute Gasteiger partial charge is 0.251 e. The number of benzene rings is 2. The molecule has 1 heterocycles. The van der Waals surface area contributed by atoms with Gasteiger partial charge in [-0.15, -0.1) is 11.8 Å². The third-order valence-corrected chi connectivity index (χ3v) is 6.99. The largest absolute Gasteiger partial charge is 0.352 e. The number of allylic oxidation sites excluding steroid dienone is 1. The minimum atomic E-state index is -0.0331. The van der Waals surface area contributed by atoms with E-state index in [1.54, 1.807) is 11.8 Å². The molecule has 2 aromatic carbocycles. The maximum Gasteiger partial charge on any atom is 0.251 e. The van der Waals surface area contributed by atoms with Crippen LogP contribution in [-0.2, 0) is 11.3 Å². The summed E-state index contributed by atoms with van der Waals surface area (Å²) in [7, 11) is 0. The van der Waals surface area contributed by atoms with Gasteiger partial charge in [-0.2, -0.15) is 0 Å². The lowest BCUT2D eigenvalue weighted by atomic mass is 9.97. The molecule has 1 N–H and O–H groups in total.